The lowest BCUT2D eigenvalue weighted by molar-refractivity contribution is -0.120. The molecule has 7 rings (SSSR count). The highest BCUT2D eigenvalue weighted by Crippen LogP contribution is 2.53. The second kappa shape index (κ2) is 8.68. The van der Waals surface area contributed by atoms with Crippen LogP contribution >= 0.6 is 0 Å². The van der Waals surface area contributed by atoms with E-state index in [2.05, 4.69) is 17.4 Å². The monoisotopic (exact) mass is 446 g/mol. The molecule has 4 fully saturated rings. The Morgan fingerprint density at radius 2 is 1.76 bits per heavy atom. The summed E-state index contributed by atoms with van der Waals surface area (Å²) in [4.78, 5) is 14.6. The standard InChI is InChI=1S/C28H34N2O3/c1-32-26-15-18(16-29-28-22-11-19-10-20(13-22)14-23(28)12-19)6-7-25(26)33-17-27(31)30-9-8-21-4-2-3-5-24(21)30/h2-7,15,19-20,22-23,28-29H,8-14,16-17H2,1H3. The topological polar surface area (TPSA) is 50.8 Å². The van der Waals surface area contributed by atoms with E-state index < -0.39 is 0 Å². The normalized spacial score (nSPS) is 29.2. The van der Waals surface area contributed by atoms with Gasteiger partial charge in [-0.3, -0.25) is 4.79 Å². The van der Waals surface area contributed by atoms with Crippen molar-refractivity contribution in [3.8, 4) is 11.5 Å². The first-order valence-electron chi connectivity index (χ1n) is 12.6. The second-order valence-corrected chi connectivity index (χ2v) is 10.5. The summed E-state index contributed by atoms with van der Waals surface area (Å²) in [5.74, 6) is 5.03. The molecule has 1 aliphatic heterocycles. The van der Waals surface area contributed by atoms with E-state index >= 15 is 0 Å². The molecule has 4 bridgehead atoms. The van der Waals surface area contributed by atoms with Gasteiger partial charge in [0.05, 0.1) is 7.11 Å². The summed E-state index contributed by atoms with van der Waals surface area (Å²) in [6.45, 7) is 1.58. The van der Waals surface area contributed by atoms with E-state index in [4.69, 9.17) is 9.47 Å². The number of para-hydroxylation sites is 1. The van der Waals surface area contributed by atoms with Gasteiger partial charge in [-0.15, -0.1) is 0 Å². The summed E-state index contributed by atoms with van der Waals surface area (Å²) in [5.41, 5.74) is 3.43. The number of hydrogen-bond donors (Lipinski definition) is 1. The van der Waals surface area contributed by atoms with E-state index in [0.29, 0.717) is 24.1 Å². The van der Waals surface area contributed by atoms with Crippen molar-refractivity contribution < 1.29 is 14.3 Å². The molecule has 0 atom stereocenters. The molecule has 0 radical (unpaired) electrons. The number of hydrogen-bond acceptors (Lipinski definition) is 4. The molecule has 174 valence electrons. The largest absolute Gasteiger partial charge is 0.493 e. The average molecular weight is 447 g/mol. The molecule has 33 heavy (non-hydrogen) atoms. The summed E-state index contributed by atoms with van der Waals surface area (Å²) in [5, 5.41) is 3.89. The number of rotatable bonds is 7. The van der Waals surface area contributed by atoms with Gasteiger partial charge >= 0.3 is 0 Å². The van der Waals surface area contributed by atoms with Crippen molar-refractivity contribution in [1.29, 1.82) is 0 Å². The first kappa shape index (κ1) is 21.0. The zero-order valence-electron chi connectivity index (χ0n) is 19.5. The molecular formula is C28H34N2O3. The van der Waals surface area contributed by atoms with E-state index in [9.17, 15) is 4.79 Å². The molecule has 5 aliphatic rings. The van der Waals surface area contributed by atoms with Crippen LogP contribution in [0.3, 0.4) is 0 Å². The highest BCUT2D eigenvalue weighted by molar-refractivity contribution is 5.96. The van der Waals surface area contributed by atoms with Crippen molar-refractivity contribution >= 4 is 11.6 Å². The van der Waals surface area contributed by atoms with Gasteiger partial charge in [-0.2, -0.15) is 0 Å². The van der Waals surface area contributed by atoms with E-state index in [1.165, 1.54) is 43.2 Å². The summed E-state index contributed by atoms with van der Waals surface area (Å²) in [6.07, 6.45) is 8.10. The van der Waals surface area contributed by atoms with Crippen LogP contribution < -0.4 is 19.7 Å². The summed E-state index contributed by atoms with van der Waals surface area (Å²) in [6, 6.07) is 14.8. The number of fused-ring (bicyclic) bond motifs is 1. The molecule has 4 aliphatic carbocycles. The van der Waals surface area contributed by atoms with Gasteiger partial charge in [-0.05, 0) is 91.5 Å². The number of methoxy groups -OCH3 is 1. The number of amides is 1. The minimum absolute atomic E-state index is 0.00998. The number of benzene rings is 2. The maximum atomic E-state index is 12.8. The maximum absolute atomic E-state index is 12.8. The number of carbonyl (C=O) groups excluding carboxylic acids is 1. The third-order valence-corrected chi connectivity index (χ3v) is 8.54. The smallest absolute Gasteiger partial charge is 0.264 e. The molecule has 2 aromatic rings. The molecular weight excluding hydrogens is 412 g/mol. The molecule has 0 saturated heterocycles. The Morgan fingerprint density at radius 1 is 1.00 bits per heavy atom. The Balaban J connectivity index is 1.07. The van der Waals surface area contributed by atoms with E-state index in [0.717, 1.165) is 42.3 Å². The summed E-state index contributed by atoms with van der Waals surface area (Å²) >= 11 is 0. The minimum atomic E-state index is -0.0189. The molecule has 0 spiro atoms. The molecule has 0 unspecified atom stereocenters. The molecule has 1 N–H and O–H groups in total. The Morgan fingerprint density at radius 3 is 2.52 bits per heavy atom. The van der Waals surface area contributed by atoms with Crippen LogP contribution in [0.25, 0.3) is 0 Å². The average Bonchev–Trinajstić information content (AvgIpc) is 3.26. The van der Waals surface area contributed by atoms with Gasteiger partial charge in [0, 0.05) is 24.8 Å². The van der Waals surface area contributed by atoms with Crippen LogP contribution in [0.2, 0.25) is 0 Å². The van der Waals surface area contributed by atoms with Gasteiger partial charge in [0.2, 0.25) is 0 Å². The molecule has 1 heterocycles. The fourth-order valence-electron chi connectivity index (χ4n) is 7.25. The van der Waals surface area contributed by atoms with Crippen LogP contribution in [0.5, 0.6) is 11.5 Å². The zero-order valence-corrected chi connectivity index (χ0v) is 19.5. The van der Waals surface area contributed by atoms with Gasteiger partial charge < -0.3 is 19.7 Å². The predicted octanol–water partition coefficient (Wildman–Crippen LogP) is 4.58. The molecule has 5 heteroatoms. The van der Waals surface area contributed by atoms with Gasteiger partial charge in [0.1, 0.15) is 0 Å². The Labute approximate surface area is 196 Å². The van der Waals surface area contributed by atoms with Gasteiger partial charge in [0.25, 0.3) is 5.91 Å². The van der Waals surface area contributed by atoms with Crippen LogP contribution in [0.1, 0.15) is 43.2 Å². The Kier molecular flexibility index (Phi) is 5.53. The van der Waals surface area contributed by atoms with Crippen LogP contribution in [0, 0.1) is 23.7 Å². The zero-order chi connectivity index (χ0) is 22.4. The predicted molar refractivity (Wildman–Crippen MR) is 129 cm³/mol. The SMILES string of the molecule is COc1cc(CNC2C3CC4CC(C3)CC2C4)ccc1OCC(=O)N1CCc2ccccc21. The highest BCUT2D eigenvalue weighted by Gasteiger charge is 2.47. The molecule has 2 aromatic carbocycles. The summed E-state index contributed by atoms with van der Waals surface area (Å²) < 4.78 is 11.5. The van der Waals surface area contributed by atoms with E-state index in [1.807, 2.05) is 35.2 Å². The van der Waals surface area contributed by atoms with Crippen molar-refractivity contribution in [3.63, 3.8) is 0 Å². The highest BCUT2D eigenvalue weighted by atomic mass is 16.5. The number of carbonyl (C=O) groups is 1. The van der Waals surface area contributed by atoms with Crippen LogP contribution in [0.15, 0.2) is 42.5 Å². The van der Waals surface area contributed by atoms with Crippen molar-refractivity contribution in [2.75, 3.05) is 25.2 Å². The maximum Gasteiger partial charge on any atom is 0.264 e. The van der Waals surface area contributed by atoms with Crippen molar-refractivity contribution in [2.24, 2.45) is 23.7 Å². The number of nitrogens with zero attached hydrogens (tertiary/aromatic N) is 1. The first-order chi connectivity index (χ1) is 16.2. The number of nitrogens with one attached hydrogen (secondary N) is 1. The van der Waals surface area contributed by atoms with Gasteiger partial charge in [-0.1, -0.05) is 24.3 Å². The van der Waals surface area contributed by atoms with Gasteiger partial charge in [-0.25, -0.2) is 0 Å². The molecule has 0 aromatic heterocycles. The number of ether oxygens (including phenoxy) is 2. The fraction of sp³-hybridized carbons (Fsp3) is 0.536. The lowest BCUT2D eigenvalue weighted by atomic mass is 9.54. The fourth-order valence-corrected chi connectivity index (χ4v) is 7.25. The third-order valence-electron chi connectivity index (χ3n) is 8.54. The molecule has 5 nitrogen and oxygen atoms in total. The molecule has 1 amide bonds. The number of anilines is 1. The quantitative estimate of drug-likeness (QED) is 0.677. The van der Waals surface area contributed by atoms with Gasteiger partial charge in [0.15, 0.2) is 18.1 Å². The molecule has 4 saturated carbocycles. The van der Waals surface area contributed by atoms with E-state index in [-0.39, 0.29) is 12.5 Å². The van der Waals surface area contributed by atoms with Crippen molar-refractivity contribution in [3.05, 3.63) is 53.6 Å². The van der Waals surface area contributed by atoms with Crippen LogP contribution in [-0.4, -0.2) is 32.2 Å². The van der Waals surface area contributed by atoms with Crippen LogP contribution in [-0.2, 0) is 17.8 Å². The lowest BCUT2D eigenvalue weighted by Gasteiger charge is -2.54. The van der Waals surface area contributed by atoms with Crippen molar-refractivity contribution in [2.45, 2.75) is 51.1 Å². The Bertz CT molecular complexity index is 1010. The lowest BCUT2D eigenvalue weighted by Crippen LogP contribution is -2.54. The van der Waals surface area contributed by atoms with Crippen molar-refractivity contribution in [1.82, 2.24) is 5.32 Å². The Hall–Kier alpha value is -2.53. The second-order valence-electron chi connectivity index (χ2n) is 10.5. The summed E-state index contributed by atoms with van der Waals surface area (Å²) in [7, 11) is 1.66. The minimum Gasteiger partial charge on any atom is -0.493 e. The van der Waals surface area contributed by atoms with Crippen LogP contribution in [0.4, 0.5) is 5.69 Å². The van der Waals surface area contributed by atoms with E-state index in [1.54, 1.807) is 7.11 Å². The third kappa shape index (κ3) is 4.01. The first-order valence-corrected chi connectivity index (χ1v) is 12.6.